The third kappa shape index (κ3) is 1.57. The maximum atomic E-state index is 4.32. The largest absolute Gasteiger partial charge is 0.373 e. The predicted molar refractivity (Wildman–Crippen MR) is 56.2 cm³/mol. The summed E-state index contributed by atoms with van der Waals surface area (Å²) in [4.78, 5) is 11.0. The van der Waals surface area contributed by atoms with Crippen LogP contribution in [0.4, 0.5) is 5.82 Å². The molecule has 2 rings (SSSR count). The summed E-state index contributed by atoms with van der Waals surface area (Å²) >= 11 is 0. The Bertz CT molecular complexity index is 310. The van der Waals surface area contributed by atoms with Gasteiger partial charge in [-0.3, -0.25) is 4.90 Å². The Balaban J connectivity index is 2.33. The van der Waals surface area contributed by atoms with E-state index in [2.05, 4.69) is 27.1 Å². The van der Waals surface area contributed by atoms with Gasteiger partial charge in [0.1, 0.15) is 12.1 Å². The molecule has 0 fully saturated rings. The Morgan fingerprint density at radius 1 is 1.50 bits per heavy atom. The highest BCUT2D eigenvalue weighted by molar-refractivity contribution is 5.46. The maximum absolute atomic E-state index is 4.32. The van der Waals surface area contributed by atoms with E-state index in [4.69, 9.17) is 0 Å². The molecule has 1 aromatic rings. The van der Waals surface area contributed by atoms with E-state index in [-0.39, 0.29) is 0 Å². The number of fused-ring (bicyclic) bond motifs is 1. The molecule has 0 unspecified atom stereocenters. The summed E-state index contributed by atoms with van der Waals surface area (Å²) in [6.45, 7) is 5.37. The van der Waals surface area contributed by atoms with Crippen LogP contribution >= 0.6 is 0 Å². The van der Waals surface area contributed by atoms with Crippen molar-refractivity contribution < 1.29 is 0 Å². The molecule has 1 aromatic heterocycles. The summed E-state index contributed by atoms with van der Waals surface area (Å²) in [6.07, 6.45) is 2.69. The standard InChI is InChI=1S/C10H16N4/c1-3-14-5-4-9-8(6-14)10(11-2)13-7-12-9/h7H,3-6H2,1-2H3,(H,11,12,13). The smallest absolute Gasteiger partial charge is 0.133 e. The van der Waals surface area contributed by atoms with Gasteiger partial charge in [0.2, 0.25) is 0 Å². The van der Waals surface area contributed by atoms with Gasteiger partial charge in [-0.15, -0.1) is 0 Å². The first kappa shape index (κ1) is 9.40. The van der Waals surface area contributed by atoms with Crippen LogP contribution in [0, 0.1) is 0 Å². The van der Waals surface area contributed by atoms with Crippen LogP contribution in [0.2, 0.25) is 0 Å². The highest BCUT2D eigenvalue weighted by Crippen LogP contribution is 2.21. The van der Waals surface area contributed by atoms with Crippen molar-refractivity contribution in [3.05, 3.63) is 17.6 Å². The number of hydrogen-bond acceptors (Lipinski definition) is 4. The second kappa shape index (κ2) is 3.92. The fourth-order valence-electron chi connectivity index (χ4n) is 1.88. The molecule has 76 valence electrons. The zero-order valence-corrected chi connectivity index (χ0v) is 8.75. The molecule has 0 aliphatic carbocycles. The van der Waals surface area contributed by atoms with Crippen LogP contribution in [-0.4, -0.2) is 35.0 Å². The first-order valence-electron chi connectivity index (χ1n) is 5.08. The average Bonchev–Trinajstić information content (AvgIpc) is 2.27. The van der Waals surface area contributed by atoms with Gasteiger partial charge in [0, 0.05) is 32.1 Å². The number of aromatic nitrogens is 2. The van der Waals surface area contributed by atoms with E-state index in [1.165, 1.54) is 11.3 Å². The van der Waals surface area contributed by atoms with Crippen LogP contribution in [0.5, 0.6) is 0 Å². The lowest BCUT2D eigenvalue weighted by Gasteiger charge is -2.27. The Kier molecular flexibility index (Phi) is 2.63. The molecule has 0 amide bonds. The summed E-state index contributed by atoms with van der Waals surface area (Å²) in [7, 11) is 1.91. The van der Waals surface area contributed by atoms with Crippen molar-refractivity contribution in [3.8, 4) is 0 Å². The molecule has 1 aliphatic heterocycles. The predicted octanol–water partition coefficient (Wildman–Crippen LogP) is 0.896. The van der Waals surface area contributed by atoms with E-state index in [9.17, 15) is 0 Å². The van der Waals surface area contributed by atoms with Crippen LogP contribution in [0.25, 0.3) is 0 Å². The molecule has 1 aliphatic rings. The fourth-order valence-corrected chi connectivity index (χ4v) is 1.88. The number of anilines is 1. The normalized spacial score (nSPS) is 16.4. The fraction of sp³-hybridized carbons (Fsp3) is 0.600. The quantitative estimate of drug-likeness (QED) is 0.755. The van der Waals surface area contributed by atoms with Crippen LogP contribution in [-0.2, 0) is 13.0 Å². The molecule has 4 heteroatoms. The van der Waals surface area contributed by atoms with Crippen molar-refractivity contribution in [3.63, 3.8) is 0 Å². The third-order valence-electron chi connectivity index (χ3n) is 2.77. The zero-order chi connectivity index (χ0) is 9.97. The first-order chi connectivity index (χ1) is 6.85. The third-order valence-corrected chi connectivity index (χ3v) is 2.77. The van der Waals surface area contributed by atoms with Crippen molar-refractivity contribution >= 4 is 5.82 Å². The number of nitrogens with zero attached hydrogens (tertiary/aromatic N) is 3. The summed E-state index contributed by atoms with van der Waals surface area (Å²) in [5, 5.41) is 3.12. The highest BCUT2D eigenvalue weighted by Gasteiger charge is 2.18. The van der Waals surface area contributed by atoms with Gasteiger partial charge >= 0.3 is 0 Å². The van der Waals surface area contributed by atoms with Crippen LogP contribution in [0.1, 0.15) is 18.2 Å². The molecule has 0 saturated heterocycles. The lowest BCUT2D eigenvalue weighted by Crippen LogP contribution is -2.31. The number of nitrogens with one attached hydrogen (secondary N) is 1. The summed E-state index contributed by atoms with van der Waals surface area (Å²) in [5.41, 5.74) is 2.47. The number of likely N-dealkylation sites (N-methyl/N-ethyl adjacent to an activating group) is 1. The van der Waals surface area contributed by atoms with Crippen LogP contribution in [0.3, 0.4) is 0 Å². The van der Waals surface area contributed by atoms with Gasteiger partial charge in [-0.1, -0.05) is 6.92 Å². The summed E-state index contributed by atoms with van der Waals surface area (Å²) in [6, 6.07) is 0. The number of hydrogen-bond donors (Lipinski definition) is 1. The van der Waals surface area contributed by atoms with Gasteiger partial charge in [0.25, 0.3) is 0 Å². The minimum atomic E-state index is 0.975. The Labute approximate surface area is 84.4 Å². The molecule has 0 aromatic carbocycles. The Hall–Kier alpha value is -1.16. The van der Waals surface area contributed by atoms with Crippen LogP contribution in [0.15, 0.2) is 6.33 Å². The topological polar surface area (TPSA) is 41.1 Å². The van der Waals surface area contributed by atoms with E-state index in [1.54, 1.807) is 6.33 Å². The van der Waals surface area contributed by atoms with Crippen molar-refractivity contribution in [1.29, 1.82) is 0 Å². The van der Waals surface area contributed by atoms with Crippen molar-refractivity contribution in [2.24, 2.45) is 0 Å². The van der Waals surface area contributed by atoms with E-state index in [1.807, 2.05) is 7.05 Å². The molecule has 4 nitrogen and oxygen atoms in total. The Morgan fingerprint density at radius 2 is 2.36 bits per heavy atom. The van der Waals surface area contributed by atoms with E-state index >= 15 is 0 Å². The van der Waals surface area contributed by atoms with E-state index in [0.29, 0.717) is 0 Å². The van der Waals surface area contributed by atoms with Crippen molar-refractivity contribution in [2.45, 2.75) is 19.9 Å². The molecule has 1 N–H and O–H groups in total. The lowest BCUT2D eigenvalue weighted by molar-refractivity contribution is 0.266. The van der Waals surface area contributed by atoms with Gasteiger partial charge in [0.15, 0.2) is 0 Å². The summed E-state index contributed by atoms with van der Waals surface area (Å²) in [5.74, 6) is 0.980. The minimum Gasteiger partial charge on any atom is -0.373 e. The molecule has 0 radical (unpaired) electrons. The van der Waals surface area contributed by atoms with E-state index < -0.39 is 0 Å². The summed E-state index contributed by atoms with van der Waals surface area (Å²) < 4.78 is 0. The molecule has 0 bridgehead atoms. The van der Waals surface area contributed by atoms with Gasteiger partial charge in [-0.05, 0) is 6.54 Å². The van der Waals surface area contributed by atoms with Crippen molar-refractivity contribution in [2.75, 3.05) is 25.5 Å². The first-order valence-corrected chi connectivity index (χ1v) is 5.08. The van der Waals surface area contributed by atoms with E-state index in [0.717, 1.165) is 31.9 Å². The van der Waals surface area contributed by atoms with Gasteiger partial charge in [-0.2, -0.15) is 0 Å². The SMILES string of the molecule is CCN1CCc2ncnc(NC)c2C1. The van der Waals surface area contributed by atoms with Gasteiger partial charge in [0.05, 0.1) is 5.69 Å². The Morgan fingerprint density at radius 3 is 3.07 bits per heavy atom. The second-order valence-electron chi connectivity index (χ2n) is 3.52. The number of rotatable bonds is 2. The monoisotopic (exact) mass is 192 g/mol. The maximum Gasteiger partial charge on any atom is 0.133 e. The minimum absolute atomic E-state index is 0.975. The molecule has 0 saturated carbocycles. The molecular weight excluding hydrogens is 176 g/mol. The highest BCUT2D eigenvalue weighted by atomic mass is 15.1. The van der Waals surface area contributed by atoms with Gasteiger partial charge < -0.3 is 5.32 Å². The molecule has 0 spiro atoms. The lowest BCUT2D eigenvalue weighted by atomic mass is 10.1. The molecule has 2 heterocycles. The average molecular weight is 192 g/mol. The van der Waals surface area contributed by atoms with Crippen molar-refractivity contribution in [1.82, 2.24) is 14.9 Å². The van der Waals surface area contributed by atoms with Crippen LogP contribution < -0.4 is 5.32 Å². The molecule has 14 heavy (non-hydrogen) atoms. The zero-order valence-electron chi connectivity index (χ0n) is 8.75. The second-order valence-corrected chi connectivity index (χ2v) is 3.52. The van der Waals surface area contributed by atoms with Gasteiger partial charge in [-0.25, -0.2) is 9.97 Å². The molecular formula is C10H16N4. The molecule has 0 atom stereocenters.